The maximum absolute atomic E-state index is 12.6. The van der Waals surface area contributed by atoms with Crippen molar-refractivity contribution < 1.29 is 30.2 Å². The van der Waals surface area contributed by atoms with Crippen molar-refractivity contribution >= 4 is 10.1 Å². The lowest BCUT2D eigenvalue weighted by atomic mass is 9.94. The molecule has 0 saturated carbocycles. The Hall–Kier alpha value is -2.03. The number of aromatic nitrogens is 1. The van der Waals surface area contributed by atoms with E-state index in [1.165, 1.54) is 12.3 Å². The van der Waals surface area contributed by atoms with E-state index in [1.807, 2.05) is 0 Å². The van der Waals surface area contributed by atoms with Crippen LogP contribution in [0.2, 0.25) is 0 Å². The highest BCUT2D eigenvalue weighted by Crippen LogP contribution is 2.36. The summed E-state index contributed by atoms with van der Waals surface area (Å²) >= 11 is 0. The molecule has 0 bridgehead atoms. The molecule has 0 saturated heterocycles. The van der Waals surface area contributed by atoms with Gasteiger partial charge in [0, 0.05) is 22.9 Å². The minimum absolute atomic E-state index is 0.312. The Kier molecular flexibility index (Phi) is 4.06. The van der Waals surface area contributed by atoms with E-state index in [1.54, 1.807) is 13.0 Å². The van der Waals surface area contributed by atoms with Crippen molar-refractivity contribution in [2.45, 2.75) is 38.1 Å². The normalized spacial score (nSPS) is 15.2. The zero-order valence-electron chi connectivity index (χ0n) is 12.7. The first-order valence-electron chi connectivity index (χ1n) is 7.27. The Morgan fingerprint density at radius 1 is 1.25 bits per heavy atom. The fraction of sp³-hybridized carbons (Fsp3) is 0.400. The number of hydrogen-bond acceptors (Lipinski definition) is 5. The van der Waals surface area contributed by atoms with Crippen LogP contribution in [0.5, 0.6) is 5.75 Å². The number of pyridine rings is 1. The van der Waals surface area contributed by atoms with Gasteiger partial charge in [0.05, 0.1) is 12.0 Å². The second-order valence-corrected chi connectivity index (χ2v) is 7.05. The molecule has 0 fully saturated rings. The summed E-state index contributed by atoms with van der Waals surface area (Å²) in [5, 5.41) is 0. The van der Waals surface area contributed by atoms with E-state index in [4.69, 9.17) is 4.42 Å². The van der Waals surface area contributed by atoms with Gasteiger partial charge >= 0.3 is 15.6 Å². The van der Waals surface area contributed by atoms with Gasteiger partial charge in [-0.3, -0.25) is 4.98 Å². The van der Waals surface area contributed by atoms with Crippen LogP contribution in [0.3, 0.4) is 0 Å². The van der Waals surface area contributed by atoms with E-state index >= 15 is 0 Å². The zero-order valence-corrected chi connectivity index (χ0v) is 13.5. The third-order valence-corrected chi connectivity index (χ3v) is 4.84. The predicted octanol–water partition coefficient (Wildman–Crippen LogP) is 3.76. The Balaban J connectivity index is 2.12. The molecule has 3 rings (SSSR count). The smallest absolute Gasteiger partial charge is 0.469 e. The lowest BCUT2D eigenvalue weighted by Crippen LogP contribution is -2.28. The molecule has 0 N–H and O–H groups in total. The molecule has 2 heterocycles. The molecule has 0 aliphatic heterocycles. The molecule has 9 heteroatoms. The van der Waals surface area contributed by atoms with E-state index < -0.39 is 15.6 Å². The molecule has 130 valence electrons. The zero-order chi connectivity index (χ0) is 17.5. The highest BCUT2D eigenvalue weighted by molar-refractivity contribution is 7.88. The summed E-state index contributed by atoms with van der Waals surface area (Å²) in [5.41, 5.74) is -3.60. The monoisotopic (exact) mass is 361 g/mol. The summed E-state index contributed by atoms with van der Waals surface area (Å²) in [5.74, 6) is 0.218. The average molecular weight is 361 g/mol. The molecule has 2 aromatic rings. The number of furan rings is 1. The molecule has 0 aromatic carbocycles. The second-order valence-electron chi connectivity index (χ2n) is 5.51. The van der Waals surface area contributed by atoms with Crippen molar-refractivity contribution in [3.8, 4) is 17.0 Å². The van der Waals surface area contributed by atoms with E-state index in [0.29, 0.717) is 41.1 Å². The van der Waals surface area contributed by atoms with Crippen molar-refractivity contribution in [3.63, 3.8) is 0 Å². The highest BCUT2D eigenvalue weighted by Gasteiger charge is 2.49. The van der Waals surface area contributed by atoms with Gasteiger partial charge in [-0.25, -0.2) is 0 Å². The summed E-state index contributed by atoms with van der Waals surface area (Å²) in [4.78, 5) is 4.45. The fourth-order valence-electron chi connectivity index (χ4n) is 2.70. The van der Waals surface area contributed by atoms with Gasteiger partial charge in [-0.15, -0.1) is 0 Å². The highest BCUT2D eigenvalue weighted by atomic mass is 32.2. The van der Waals surface area contributed by atoms with Crippen LogP contribution in [-0.4, -0.2) is 18.9 Å². The molecule has 0 spiro atoms. The number of fused-ring (bicyclic) bond motifs is 1. The summed E-state index contributed by atoms with van der Waals surface area (Å²) in [6, 6.07) is 2.85. The molecule has 0 amide bonds. The van der Waals surface area contributed by atoms with Crippen LogP contribution in [0, 0.1) is 6.92 Å². The maximum atomic E-state index is 12.6. The first-order chi connectivity index (χ1) is 11.2. The molecule has 24 heavy (non-hydrogen) atoms. The van der Waals surface area contributed by atoms with Crippen molar-refractivity contribution in [2.24, 2.45) is 0 Å². The SMILES string of the molecule is Cc1occc1-c1cc(OS(=O)(=O)C(F)(F)F)c2c(n1)CCCC2. The van der Waals surface area contributed by atoms with Crippen LogP contribution in [0.4, 0.5) is 13.2 Å². The minimum Gasteiger partial charge on any atom is -0.469 e. The van der Waals surface area contributed by atoms with Crippen molar-refractivity contribution in [1.29, 1.82) is 0 Å². The van der Waals surface area contributed by atoms with Crippen LogP contribution in [0.1, 0.15) is 29.9 Å². The van der Waals surface area contributed by atoms with Crippen LogP contribution < -0.4 is 4.18 Å². The summed E-state index contributed by atoms with van der Waals surface area (Å²) in [6.45, 7) is 1.68. The van der Waals surface area contributed by atoms with Crippen LogP contribution in [0.15, 0.2) is 22.8 Å². The standard InChI is InChI=1S/C15H14F3NO4S/c1-9-10(6-7-22-9)13-8-14(23-24(20,21)15(16,17)18)11-4-2-3-5-12(11)19-13/h6-8H,2-5H2,1H3. The predicted molar refractivity (Wildman–Crippen MR) is 78.9 cm³/mol. The number of hydrogen-bond donors (Lipinski definition) is 0. The van der Waals surface area contributed by atoms with Gasteiger partial charge in [-0.1, -0.05) is 0 Å². The topological polar surface area (TPSA) is 69.4 Å². The summed E-state index contributed by atoms with van der Waals surface area (Å²) in [6.07, 6.45) is 3.98. The molecule has 0 atom stereocenters. The Morgan fingerprint density at radius 2 is 1.96 bits per heavy atom. The van der Waals surface area contributed by atoms with E-state index in [-0.39, 0.29) is 5.75 Å². The Labute approximate surface area is 136 Å². The van der Waals surface area contributed by atoms with E-state index in [9.17, 15) is 21.6 Å². The molecule has 2 aromatic heterocycles. The van der Waals surface area contributed by atoms with Gasteiger partial charge < -0.3 is 8.60 Å². The Bertz CT molecular complexity index is 871. The molecule has 5 nitrogen and oxygen atoms in total. The van der Waals surface area contributed by atoms with Crippen molar-refractivity contribution in [2.75, 3.05) is 0 Å². The first-order valence-corrected chi connectivity index (χ1v) is 8.68. The largest absolute Gasteiger partial charge is 0.534 e. The van der Waals surface area contributed by atoms with Crippen molar-refractivity contribution in [1.82, 2.24) is 4.98 Å². The molecular formula is C15H14F3NO4S. The molecule has 0 unspecified atom stereocenters. The van der Waals surface area contributed by atoms with E-state index in [2.05, 4.69) is 9.17 Å². The number of rotatable bonds is 3. The number of aryl methyl sites for hydroxylation is 2. The average Bonchev–Trinajstić information content (AvgIpc) is 2.92. The van der Waals surface area contributed by atoms with Gasteiger partial charge in [0.1, 0.15) is 11.5 Å². The molecule has 0 radical (unpaired) electrons. The number of nitrogens with zero attached hydrogens (tertiary/aromatic N) is 1. The van der Waals surface area contributed by atoms with Gasteiger partial charge in [-0.2, -0.15) is 21.6 Å². The lowest BCUT2D eigenvalue weighted by Gasteiger charge is -2.20. The molecular weight excluding hydrogens is 347 g/mol. The van der Waals surface area contributed by atoms with E-state index in [0.717, 1.165) is 12.8 Å². The minimum atomic E-state index is -5.73. The van der Waals surface area contributed by atoms with Crippen LogP contribution in [-0.2, 0) is 23.0 Å². The second kappa shape index (κ2) is 5.80. The quantitative estimate of drug-likeness (QED) is 0.615. The number of alkyl halides is 3. The maximum Gasteiger partial charge on any atom is 0.534 e. The summed E-state index contributed by atoms with van der Waals surface area (Å²) < 4.78 is 70.3. The Morgan fingerprint density at radius 3 is 2.58 bits per heavy atom. The van der Waals surface area contributed by atoms with Gasteiger partial charge in [0.2, 0.25) is 0 Å². The first kappa shape index (κ1) is 16.8. The third kappa shape index (κ3) is 3.00. The lowest BCUT2D eigenvalue weighted by molar-refractivity contribution is -0.0500. The van der Waals surface area contributed by atoms with Gasteiger partial charge in [-0.05, 0) is 38.7 Å². The fourth-order valence-corrected chi connectivity index (χ4v) is 3.18. The molecule has 1 aliphatic rings. The van der Waals surface area contributed by atoms with Crippen molar-refractivity contribution in [3.05, 3.63) is 35.4 Å². The van der Waals surface area contributed by atoms with Crippen LogP contribution >= 0.6 is 0 Å². The van der Waals surface area contributed by atoms with Gasteiger partial charge in [0.25, 0.3) is 0 Å². The van der Waals surface area contributed by atoms with Crippen LogP contribution in [0.25, 0.3) is 11.3 Å². The third-order valence-electron chi connectivity index (χ3n) is 3.88. The summed E-state index contributed by atoms with van der Waals surface area (Å²) in [7, 11) is -5.73. The molecule has 1 aliphatic carbocycles. The van der Waals surface area contributed by atoms with Gasteiger partial charge in [0.15, 0.2) is 0 Å². The number of halogens is 3.